The molecule has 1 atom stereocenters. The highest BCUT2D eigenvalue weighted by Crippen LogP contribution is 2.40. The van der Waals surface area contributed by atoms with Crippen LogP contribution in [0, 0.1) is 5.92 Å². The fourth-order valence-corrected chi connectivity index (χ4v) is 4.05. The molecule has 0 amide bonds. The van der Waals surface area contributed by atoms with Crippen LogP contribution in [-0.4, -0.2) is 65.4 Å². The maximum absolute atomic E-state index is 11.9. The molecule has 1 N–H and O–H groups in total. The summed E-state index contributed by atoms with van der Waals surface area (Å²) in [6.45, 7) is 3.34. The zero-order valence-electron chi connectivity index (χ0n) is 14.6. The van der Waals surface area contributed by atoms with Gasteiger partial charge in [-0.05, 0) is 44.2 Å². The van der Waals surface area contributed by atoms with Crippen molar-refractivity contribution in [3.05, 3.63) is 17.5 Å². The first kappa shape index (κ1) is 17.8. The summed E-state index contributed by atoms with van der Waals surface area (Å²) in [7, 11) is 0.0295. The van der Waals surface area contributed by atoms with Gasteiger partial charge in [-0.15, -0.1) is 0 Å². The summed E-state index contributed by atoms with van der Waals surface area (Å²) in [5, 5.41) is 14.9. The van der Waals surface area contributed by atoms with Crippen molar-refractivity contribution in [1.82, 2.24) is 19.0 Å². The molecule has 0 unspecified atom stereocenters. The molecule has 1 saturated carbocycles. The number of aliphatic hydroxyl groups excluding tert-OH is 1. The number of rotatable bonds is 7. The number of aromatic nitrogens is 2. The molecule has 1 aromatic rings. The van der Waals surface area contributed by atoms with Gasteiger partial charge in [0.15, 0.2) is 0 Å². The van der Waals surface area contributed by atoms with Crippen molar-refractivity contribution in [1.29, 1.82) is 0 Å². The van der Waals surface area contributed by atoms with Crippen molar-refractivity contribution in [2.45, 2.75) is 44.9 Å². The highest BCUT2D eigenvalue weighted by atomic mass is 32.2. The van der Waals surface area contributed by atoms with E-state index >= 15 is 0 Å². The van der Waals surface area contributed by atoms with Gasteiger partial charge in [0, 0.05) is 33.7 Å². The second-order valence-corrected chi connectivity index (χ2v) is 9.45. The van der Waals surface area contributed by atoms with E-state index in [1.807, 2.05) is 10.7 Å². The van der Waals surface area contributed by atoms with E-state index in [9.17, 15) is 13.5 Å². The van der Waals surface area contributed by atoms with Gasteiger partial charge in [-0.2, -0.15) is 5.10 Å². The maximum atomic E-state index is 11.9. The molecule has 3 rings (SSSR count). The fraction of sp³-hybridized carbons (Fsp3) is 0.812. The fourth-order valence-electron chi connectivity index (χ4n) is 3.19. The lowest BCUT2D eigenvalue weighted by Crippen LogP contribution is -2.29. The van der Waals surface area contributed by atoms with Crippen LogP contribution in [0.15, 0.2) is 6.07 Å². The summed E-state index contributed by atoms with van der Waals surface area (Å²) in [4.78, 5) is 2.29. The average Bonchev–Trinajstić information content (AvgIpc) is 3.31. The Bertz CT molecular complexity index is 667. The molecule has 0 bridgehead atoms. The Morgan fingerprint density at radius 3 is 2.79 bits per heavy atom. The number of sulfonamides is 1. The first-order valence-electron chi connectivity index (χ1n) is 8.74. The van der Waals surface area contributed by atoms with Crippen LogP contribution in [0.25, 0.3) is 0 Å². The van der Waals surface area contributed by atoms with Gasteiger partial charge >= 0.3 is 0 Å². The summed E-state index contributed by atoms with van der Waals surface area (Å²) in [5.41, 5.74) is 1.92. The van der Waals surface area contributed by atoms with E-state index in [2.05, 4.69) is 10.00 Å². The highest BCUT2D eigenvalue weighted by Gasteiger charge is 2.33. The Balaban J connectivity index is 1.58. The predicted octanol–water partition coefficient (Wildman–Crippen LogP) is 0.814. The van der Waals surface area contributed by atoms with Gasteiger partial charge in [0.2, 0.25) is 10.0 Å². The summed E-state index contributed by atoms with van der Waals surface area (Å²) in [6.07, 6.45) is 3.38. The minimum atomic E-state index is -3.12. The van der Waals surface area contributed by atoms with Crippen molar-refractivity contribution in [3.8, 4) is 0 Å². The van der Waals surface area contributed by atoms with E-state index in [0.717, 1.165) is 56.8 Å². The van der Waals surface area contributed by atoms with E-state index < -0.39 is 16.1 Å². The van der Waals surface area contributed by atoms with E-state index in [1.165, 1.54) is 4.31 Å². The largest absolute Gasteiger partial charge is 0.386 e. The van der Waals surface area contributed by atoms with Crippen LogP contribution in [0.5, 0.6) is 0 Å². The monoisotopic (exact) mass is 356 g/mol. The molecule has 0 radical (unpaired) electrons. The lowest BCUT2D eigenvalue weighted by molar-refractivity contribution is 0.148. The number of hydrogen-bond donors (Lipinski definition) is 1. The zero-order valence-corrected chi connectivity index (χ0v) is 15.4. The topological polar surface area (TPSA) is 78.7 Å². The third-order valence-electron chi connectivity index (χ3n) is 4.92. The number of fused-ring (bicyclic) bond motifs is 1. The smallest absolute Gasteiger partial charge is 0.213 e. The van der Waals surface area contributed by atoms with Gasteiger partial charge in [-0.1, -0.05) is 0 Å². The standard InChI is InChI=1S/C16H28N4O3S/c1-18(2)24(22,23)10-4-8-19-7-3-9-20-14(12-19)11-15(17-20)16(21)13-5-6-13/h11,13,16,21H,3-10,12H2,1-2H3/t16-/m0/s1. The van der Waals surface area contributed by atoms with Crippen LogP contribution in [0.4, 0.5) is 0 Å². The maximum Gasteiger partial charge on any atom is 0.213 e. The van der Waals surface area contributed by atoms with Crippen molar-refractivity contribution in [2.24, 2.45) is 5.92 Å². The third kappa shape index (κ3) is 4.17. The van der Waals surface area contributed by atoms with Gasteiger partial charge < -0.3 is 5.11 Å². The summed E-state index contributed by atoms with van der Waals surface area (Å²) in [5.74, 6) is 0.568. The lowest BCUT2D eigenvalue weighted by atomic mass is 10.1. The molecule has 24 heavy (non-hydrogen) atoms. The van der Waals surface area contributed by atoms with E-state index in [4.69, 9.17) is 0 Å². The Labute approximate surface area is 144 Å². The quantitative estimate of drug-likeness (QED) is 0.782. The molecular weight excluding hydrogens is 328 g/mol. The summed E-state index contributed by atoms with van der Waals surface area (Å²) >= 11 is 0. The minimum Gasteiger partial charge on any atom is -0.386 e. The van der Waals surface area contributed by atoms with Gasteiger partial charge in [-0.25, -0.2) is 12.7 Å². The number of nitrogens with zero attached hydrogens (tertiary/aromatic N) is 4. The van der Waals surface area contributed by atoms with Crippen molar-refractivity contribution >= 4 is 10.0 Å². The van der Waals surface area contributed by atoms with Crippen LogP contribution in [0.2, 0.25) is 0 Å². The third-order valence-corrected chi connectivity index (χ3v) is 6.83. The van der Waals surface area contributed by atoms with Crippen LogP contribution >= 0.6 is 0 Å². The van der Waals surface area contributed by atoms with Gasteiger partial charge in [0.1, 0.15) is 6.10 Å². The molecule has 2 heterocycles. The van der Waals surface area contributed by atoms with Crippen molar-refractivity contribution in [2.75, 3.05) is 32.9 Å². The Kier molecular flexibility index (Phi) is 5.29. The van der Waals surface area contributed by atoms with E-state index in [1.54, 1.807) is 14.1 Å². The molecule has 0 aromatic carbocycles. The van der Waals surface area contributed by atoms with Gasteiger partial charge in [0.25, 0.3) is 0 Å². The Morgan fingerprint density at radius 2 is 2.12 bits per heavy atom. The summed E-state index contributed by atoms with van der Waals surface area (Å²) < 4.78 is 27.0. The lowest BCUT2D eigenvalue weighted by Gasteiger charge is -2.20. The number of aliphatic hydroxyl groups is 1. The Hall–Kier alpha value is -0.960. The predicted molar refractivity (Wildman–Crippen MR) is 91.9 cm³/mol. The van der Waals surface area contributed by atoms with Crippen LogP contribution in [0.1, 0.15) is 43.2 Å². The second-order valence-electron chi connectivity index (χ2n) is 7.15. The molecule has 136 valence electrons. The molecule has 0 spiro atoms. The molecule has 1 fully saturated rings. The molecule has 8 heteroatoms. The molecule has 0 saturated heterocycles. The van der Waals surface area contributed by atoms with E-state index in [-0.39, 0.29) is 5.75 Å². The highest BCUT2D eigenvalue weighted by molar-refractivity contribution is 7.89. The van der Waals surface area contributed by atoms with Gasteiger partial charge in [-0.3, -0.25) is 9.58 Å². The molecular formula is C16H28N4O3S. The minimum absolute atomic E-state index is 0.182. The number of hydrogen-bond acceptors (Lipinski definition) is 5. The summed E-state index contributed by atoms with van der Waals surface area (Å²) in [6, 6.07) is 2.03. The normalized spacial score (nSPS) is 20.8. The van der Waals surface area contributed by atoms with Crippen LogP contribution in [0.3, 0.4) is 0 Å². The molecule has 1 aliphatic heterocycles. The van der Waals surface area contributed by atoms with Crippen molar-refractivity contribution in [3.63, 3.8) is 0 Å². The number of aryl methyl sites for hydroxylation is 1. The first-order valence-corrected chi connectivity index (χ1v) is 10.3. The Morgan fingerprint density at radius 1 is 1.38 bits per heavy atom. The van der Waals surface area contributed by atoms with Gasteiger partial charge in [0.05, 0.1) is 17.1 Å². The molecule has 2 aliphatic rings. The van der Waals surface area contributed by atoms with Crippen LogP contribution in [-0.2, 0) is 23.1 Å². The zero-order chi connectivity index (χ0) is 17.3. The SMILES string of the molecule is CN(C)S(=O)(=O)CCCN1CCCn2nc([C@@H](O)C3CC3)cc2C1. The molecule has 7 nitrogen and oxygen atoms in total. The molecule has 1 aromatic heterocycles. The average molecular weight is 356 g/mol. The van der Waals surface area contributed by atoms with E-state index in [0.29, 0.717) is 12.3 Å². The van der Waals surface area contributed by atoms with Crippen LogP contribution < -0.4 is 0 Å². The molecule has 1 aliphatic carbocycles. The first-order chi connectivity index (χ1) is 11.4. The van der Waals surface area contributed by atoms with Crippen molar-refractivity contribution < 1.29 is 13.5 Å². The second kappa shape index (κ2) is 7.11.